The van der Waals surface area contributed by atoms with Crippen molar-refractivity contribution >= 4 is 7.82 Å². The van der Waals surface area contributed by atoms with Gasteiger partial charge in [-0.1, -0.05) is 42.0 Å². The zero-order valence-corrected chi connectivity index (χ0v) is 19.6. The zero-order chi connectivity index (χ0) is 22.1. The zero-order valence-electron chi connectivity index (χ0n) is 18.7. The monoisotopic (exact) mass is 424 g/mol. The molecule has 0 heterocycles. The topological polar surface area (TPSA) is 44.8 Å². The Bertz CT molecular complexity index is 1050. The fraction of sp³-hybridized carbons (Fsp3) is 0.280. The molecule has 3 aromatic carbocycles. The summed E-state index contributed by atoms with van der Waals surface area (Å²) >= 11 is 0. The van der Waals surface area contributed by atoms with Crippen LogP contribution < -0.4 is 13.6 Å². The van der Waals surface area contributed by atoms with Gasteiger partial charge in [0.25, 0.3) is 0 Å². The number of rotatable bonds is 6. The minimum absolute atomic E-state index is 0.478. The predicted octanol–water partition coefficient (Wildman–Crippen LogP) is 7.49. The van der Waals surface area contributed by atoms with E-state index in [-0.39, 0.29) is 0 Å². The first kappa shape index (κ1) is 22.0. The molecule has 0 amide bonds. The number of aryl methyl sites for hydroxylation is 5. The minimum atomic E-state index is -4.05. The van der Waals surface area contributed by atoms with Crippen LogP contribution in [0, 0.1) is 48.5 Å². The second-order valence-electron chi connectivity index (χ2n) is 7.85. The van der Waals surface area contributed by atoms with Crippen LogP contribution >= 0.6 is 7.82 Å². The van der Waals surface area contributed by atoms with E-state index >= 15 is 0 Å². The smallest absolute Gasteiger partial charge is 0.386 e. The molecule has 0 fully saturated rings. The summed E-state index contributed by atoms with van der Waals surface area (Å²) < 4.78 is 31.9. The van der Waals surface area contributed by atoms with Gasteiger partial charge in [0.1, 0.15) is 17.2 Å². The Morgan fingerprint density at radius 2 is 1.03 bits per heavy atom. The molecule has 0 atom stereocenters. The lowest BCUT2D eigenvalue weighted by atomic mass is 10.1. The molecule has 4 nitrogen and oxygen atoms in total. The number of hydrogen-bond acceptors (Lipinski definition) is 4. The highest BCUT2D eigenvalue weighted by molar-refractivity contribution is 7.49. The largest absolute Gasteiger partial charge is 0.647 e. The van der Waals surface area contributed by atoms with E-state index in [0.717, 1.165) is 38.9 Å². The van der Waals surface area contributed by atoms with Gasteiger partial charge in [-0.05, 0) is 94.0 Å². The number of benzene rings is 3. The van der Waals surface area contributed by atoms with Crippen LogP contribution in [0.4, 0.5) is 0 Å². The van der Waals surface area contributed by atoms with Gasteiger partial charge in [0.05, 0.1) is 0 Å². The fourth-order valence-electron chi connectivity index (χ4n) is 3.37. The molecule has 0 saturated carbocycles. The average molecular weight is 424 g/mol. The van der Waals surface area contributed by atoms with E-state index in [0.29, 0.717) is 17.2 Å². The quantitative estimate of drug-likeness (QED) is 0.385. The molecule has 0 N–H and O–H groups in total. The Hall–Kier alpha value is -2.71. The summed E-state index contributed by atoms with van der Waals surface area (Å²) in [6.07, 6.45) is 0. The molecule has 0 aliphatic rings. The Morgan fingerprint density at radius 1 is 0.600 bits per heavy atom. The van der Waals surface area contributed by atoms with Gasteiger partial charge in [0.2, 0.25) is 0 Å². The van der Waals surface area contributed by atoms with E-state index < -0.39 is 7.82 Å². The molecule has 5 heteroatoms. The third kappa shape index (κ3) is 4.71. The summed E-state index contributed by atoms with van der Waals surface area (Å²) in [5, 5.41) is 0. The summed E-state index contributed by atoms with van der Waals surface area (Å²) in [4.78, 5) is 0. The molecular weight excluding hydrogens is 395 g/mol. The van der Waals surface area contributed by atoms with Crippen LogP contribution in [0.15, 0.2) is 48.5 Å². The highest BCUT2D eigenvalue weighted by atomic mass is 31.2. The van der Waals surface area contributed by atoms with E-state index in [2.05, 4.69) is 0 Å². The van der Waals surface area contributed by atoms with Crippen molar-refractivity contribution < 1.29 is 18.1 Å². The van der Waals surface area contributed by atoms with Crippen LogP contribution in [0.5, 0.6) is 17.2 Å². The van der Waals surface area contributed by atoms with Crippen molar-refractivity contribution in [3.63, 3.8) is 0 Å². The van der Waals surface area contributed by atoms with Crippen molar-refractivity contribution in [3.05, 3.63) is 87.5 Å². The summed E-state index contributed by atoms with van der Waals surface area (Å²) in [6, 6.07) is 15.2. The maximum atomic E-state index is 14.0. The number of hydrogen-bond donors (Lipinski definition) is 0. The van der Waals surface area contributed by atoms with Crippen molar-refractivity contribution in [2.45, 2.75) is 48.5 Å². The molecule has 0 saturated heterocycles. The molecule has 0 radical (unpaired) electrons. The van der Waals surface area contributed by atoms with Gasteiger partial charge in [0, 0.05) is 0 Å². The van der Waals surface area contributed by atoms with Gasteiger partial charge in [-0.2, -0.15) is 4.57 Å². The Labute approximate surface area is 179 Å². The SMILES string of the molecule is Cc1cc(C)c(OP(=O)(Oc2cccc(C)c2C)Oc2cccc(C)c2C)c(C)c1. The van der Waals surface area contributed by atoms with E-state index in [9.17, 15) is 4.57 Å². The van der Waals surface area contributed by atoms with Gasteiger partial charge in [-0.25, -0.2) is 0 Å². The molecule has 3 rings (SSSR count). The standard InChI is InChI=1S/C25H29O4P/c1-16-14-19(4)25(20(5)15-16)29-30(26,27-23-12-8-10-17(2)21(23)6)28-24-13-9-11-18(3)22(24)7/h8-15H,1-7H3. The van der Waals surface area contributed by atoms with Crippen LogP contribution in [-0.4, -0.2) is 0 Å². The summed E-state index contributed by atoms with van der Waals surface area (Å²) in [6.45, 7) is 13.7. The lowest BCUT2D eigenvalue weighted by Crippen LogP contribution is -2.10. The van der Waals surface area contributed by atoms with Crippen LogP contribution in [-0.2, 0) is 4.57 Å². The van der Waals surface area contributed by atoms with Gasteiger partial charge in [-0.15, -0.1) is 0 Å². The Morgan fingerprint density at radius 3 is 1.47 bits per heavy atom. The summed E-state index contributed by atoms with van der Waals surface area (Å²) in [5.74, 6) is 1.47. The molecular formula is C25H29O4P. The first-order valence-electron chi connectivity index (χ1n) is 9.99. The van der Waals surface area contributed by atoms with E-state index in [1.54, 1.807) is 12.1 Å². The van der Waals surface area contributed by atoms with Gasteiger partial charge < -0.3 is 13.6 Å². The Balaban J connectivity index is 2.07. The molecule has 0 aliphatic heterocycles. The van der Waals surface area contributed by atoms with Crippen molar-refractivity contribution in [1.29, 1.82) is 0 Å². The number of phosphoric ester groups is 1. The third-order valence-electron chi connectivity index (χ3n) is 5.34. The second-order valence-corrected chi connectivity index (χ2v) is 9.29. The van der Waals surface area contributed by atoms with Crippen molar-refractivity contribution in [1.82, 2.24) is 0 Å². The highest BCUT2D eigenvalue weighted by Gasteiger charge is 2.35. The van der Waals surface area contributed by atoms with Crippen molar-refractivity contribution in [2.75, 3.05) is 0 Å². The molecule has 158 valence electrons. The minimum Gasteiger partial charge on any atom is -0.386 e. The third-order valence-corrected chi connectivity index (χ3v) is 6.58. The van der Waals surface area contributed by atoms with Gasteiger partial charge >= 0.3 is 7.82 Å². The summed E-state index contributed by atoms with van der Waals surface area (Å²) in [7, 11) is -4.05. The molecule has 0 unspecified atom stereocenters. The molecule has 0 aliphatic carbocycles. The molecule has 0 spiro atoms. The first-order valence-corrected chi connectivity index (χ1v) is 11.4. The predicted molar refractivity (Wildman–Crippen MR) is 122 cm³/mol. The lowest BCUT2D eigenvalue weighted by Gasteiger charge is -2.23. The van der Waals surface area contributed by atoms with Crippen LogP contribution in [0.3, 0.4) is 0 Å². The van der Waals surface area contributed by atoms with Crippen molar-refractivity contribution in [2.24, 2.45) is 0 Å². The highest BCUT2D eigenvalue weighted by Crippen LogP contribution is 2.52. The van der Waals surface area contributed by atoms with Crippen LogP contribution in [0.25, 0.3) is 0 Å². The molecule has 3 aromatic rings. The van der Waals surface area contributed by atoms with Crippen LogP contribution in [0.2, 0.25) is 0 Å². The second kappa shape index (κ2) is 8.57. The fourth-order valence-corrected chi connectivity index (χ4v) is 4.87. The van der Waals surface area contributed by atoms with Crippen molar-refractivity contribution in [3.8, 4) is 17.2 Å². The molecule has 0 bridgehead atoms. The Kier molecular flexibility index (Phi) is 6.28. The summed E-state index contributed by atoms with van der Waals surface area (Å²) in [5.41, 5.74) is 6.72. The van der Waals surface area contributed by atoms with E-state index in [1.165, 1.54) is 0 Å². The van der Waals surface area contributed by atoms with Gasteiger partial charge in [0.15, 0.2) is 0 Å². The lowest BCUT2D eigenvalue weighted by molar-refractivity contribution is 0.295. The molecule has 0 aromatic heterocycles. The maximum absolute atomic E-state index is 14.0. The normalized spacial score (nSPS) is 11.3. The number of phosphoric acid groups is 1. The van der Waals surface area contributed by atoms with E-state index in [1.807, 2.05) is 84.9 Å². The average Bonchev–Trinajstić information content (AvgIpc) is 2.66. The van der Waals surface area contributed by atoms with Crippen LogP contribution in [0.1, 0.15) is 38.9 Å². The van der Waals surface area contributed by atoms with E-state index in [4.69, 9.17) is 13.6 Å². The molecule has 30 heavy (non-hydrogen) atoms. The maximum Gasteiger partial charge on any atom is 0.647 e. The first-order chi connectivity index (χ1) is 14.1. The van der Waals surface area contributed by atoms with Gasteiger partial charge in [-0.3, -0.25) is 0 Å².